The summed E-state index contributed by atoms with van der Waals surface area (Å²) in [6.45, 7) is 1.90. The van der Waals surface area contributed by atoms with E-state index in [-0.39, 0.29) is 11.9 Å². The first kappa shape index (κ1) is 14.6. The van der Waals surface area contributed by atoms with Gasteiger partial charge >= 0.3 is 0 Å². The molecule has 2 aromatic rings. The molecule has 106 valence electrons. The monoisotopic (exact) mass is 280 g/mol. The van der Waals surface area contributed by atoms with Crippen LogP contribution in [0.15, 0.2) is 48.5 Å². The van der Waals surface area contributed by atoms with Gasteiger partial charge in [-0.25, -0.2) is 0 Å². The fraction of sp³-hybridized carbons (Fsp3) is 0.176. The Bertz CT molecular complexity index is 672. The minimum atomic E-state index is -0.183. The Morgan fingerprint density at radius 1 is 1.19 bits per heavy atom. The smallest absolute Gasteiger partial charge is 0.251 e. The maximum absolute atomic E-state index is 12.2. The highest BCUT2D eigenvalue weighted by Crippen LogP contribution is 2.24. The van der Waals surface area contributed by atoms with E-state index in [1.165, 1.54) is 0 Å². The van der Waals surface area contributed by atoms with Crippen molar-refractivity contribution >= 4 is 5.91 Å². The highest BCUT2D eigenvalue weighted by molar-refractivity contribution is 5.94. The van der Waals surface area contributed by atoms with Crippen molar-refractivity contribution in [3.63, 3.8) is 0 Å². The minimum Gasteiger partial charge on any atom is -0.496 e. The van der Waals surface area contributed by atoms with Gasteiger partial charge in [-0.3, -0.25) is 4.79 Å². The summed E-state index contributed by atoms with van der Waals surface area (Å²) in [6, 6.07) is 16.0. The lowest BCUT2D eigenvalue weighted by atomic mass is 10.1. The number of methoxy groups -OCH3 is 1. The molecule has 1 N–H and O–H groups in total. The SMILES string of the molecule is COc1ccccc1C(C)NC(=O)c1ccc(C#N)cc1. The number of amides is 1. The van der Waals surface area contributed by atoms with E-state index < -0.39 is 0 Å². The lowest BCUT2D eigenvalue weighted by molar-refractivity contribution is 0.0939. The van der Waals surface area contributed by atoms with Crippen LogP contribution < -0.4 is 10.1 Å². The van der Waals surface area contributed by atoms with E-state index in [0.29, 0.717) is 11.1 Å². The van der Waals surface area contributed by atoms with Crippen molar-refractivity contribution in [3.05, 3.63) is 65.2 Å². The number of carbonyl (C=O) groups is 1. The molecular formula is C17H16N2O2. The third kappa shape index (κ3) is 3.40. The first-order valence-corrected chi connectivity index (χ1v) is 6.59. The summed E-state index contributed by atoms with van der Waals surface area (Å²) in [5.41, 5.74) is 1.97. The van der Waals surface area contributed by atoms with E-state index in [4.69, 9.17) is 10.00 Å². The maximum atomic E-state index is 12.2. The number of ether oxygens (including phenoxy) is 1. The number of hydrogen-bond donors (Lipinski definition) is 1. The molecule has 0 saturated heterocycles. The average Bonchev–Trinajstić information content (AvgIpc) is 2.54. The summed E-state index contributed by atoms with van der Waals surface area (Å²) in [4.78, 5) is 12.2. The molecule has 0 aliphatic carbocycles. The maximum Gasteiger partial charge on any atom is 0.251 e. The highest BCUT2D eigenvalue weighted by atomic mass is 16.5. The van der Waals surface area contributed by atoms with Crippen LogP contribution in [0.5, 0.6) is 5.75 Å². The van der Waals surface area contributed by atoms with Gasteiger partial charge in [-0.1, -0.05) is 18.2 Å². The van der Waals surface area contributed by atoms with Gasteiger partial charge in [0.25, 0.3) is 5.91 Å². The van der Waals surface area contributed by atoms with E-state index >= 15 is 0 Å². The standard InChI is InChI=1S/C17H16N2O2/c1-12(15-5-3-4-6-16(15)21-2)19-17(20)14-9-7-13(11-18)8-10-14/h3-10,12H,1-2H3,(H,19,20). The predicted octanol–water partition coefficient (Wildman–Crippen LogP) is 3.06. The van der Waals surface area contributed by atoms with Gasteiger partial charge in [0.2, 0.25) is 0 Å². The van der Waals surface area contributed by atoms with Crippen LogP contribution in [0, 0.1) is 11.3 Å². The Balaban J connectivity index is 2.13. The molecule has 1 amide bonds. The molecule has 0 aromatic heterocycles. The van der Waals surface area contributed by atoms with Crippen LogP contribution in [0.1, 0.15) is 34.5 Å². The first-order valence-electron chi connectivity index (χ1n) is 6.59. The largest absolute Gasteiger partial charge is 0.496 e. The van der Waals surface area contributed by atoms with Crippen LogP contribution >= 0.6 is 0 Å². The van der Waals surface area contributed by atoms with Crippen molar-refractivity contribution in [2.24, 2.45) is 0 Å². The van der Waals surface area contributed by atoms with Crippen molar-refractivity contribution in [2.45, 2.75) is 13.0 Å². The molecule has 0 saturated carbocycles. The molecule has 2 rings (SSSR count). The van der Waals surface area contributed by atoms with E-state index in [2.05, 4.69) is 5.32 Å². The van der Waals surface area contributed by atoms with Gasteiger partial charge in [-0.15, -0.1) is 0 Å². The van der Waals surface area contributed by atoms with Crippen LogP contribution in [0.4, 0.5) is 0 Å². The summed E-state index contributed by atoms with van der Waals surface area (Å²) in [5, 5.41) is 11.7. The molecular weight excluding hydrogens is 264 g/mol. The van der Waals surface area contributed by atoms with Crippen LogP contribution in [0.3, 0.4) is 0 Å². The second kappa shape index (κ2) is 6.58. The topological polar surface area (TPSA) is 62.1 Å². The van der Waals surface area contributed by atoms with E-state index in [1.54, 1.807) is 31.4 Å². The van der Waals surface area contributed by atoms with Crippen molar-refractivity contribution in [2.75, 3.05) is 7.11 Å². The number of nitrogens with zero attached hydrogens (tertiary/aromatic N) is 1. The quantitative estimate of drug-likeness (QED) is 0.936. The highest BCUT2D eigenvalue weighted by Gasteiger charge is 2.14. The summed E-state index contributed by atoms with van der Waals surface area (Å²) >= 11 is 0. The third-order valence-electron chi connectivity index (χ3n) is 3.23. The molecule has 0 aliphatic heterocycles. The van der Waals surface area contributed by atoms with Crippen LogP contribution in [0.25, 0.3) is 0 Å². The number of carbonyl (C=O) groups excluding carboxylic acids is 1. The Kier molecular flexibility index (Phi) is 4.57. The lowest BCUT2D eigenvalue weighted by Crippen LogP contribution is -2.26. The van der Waals surface area contributed by atoms with Gasteiger partial charge in [0, 0.05) is 11.1 Å². The molecule has 0 radical (unpaired) electrons. The first-order chi connectivity index (χ1) is 10.2. The van der Waals surface area contributed by atoms with Crippen molar-refractivity contribution < 1.29 is 9.53 Å². The third-order valence-corrected chi connectivity index (χ3v) is 3.23. The second-order valence-corrected chi connectivity index (χ2v) is 4.63. The summed E-state index contributed by atoms with van der Waals surface area (Å²) in [6.07, 6.45) is 0. The van der Waals surface area contributed by atoms with Gasteiger partial charge in [0.05, 0.1) is 24.8 Å². The van der Waals surface area contributed by atoms with Crippen molar-refractivity contribution in [1.29, 1.82) is 5.26 Å². The number of hydrogen-bond acceptors (Lipinski definition) is 3. The number of nitrogens with one attached hydrogen (secondary N) is 1. The van der Waals surface area contributed by atoms with Crippen molar-refractivity contribution in [1.82, 2.24) is 5.32 Å². The Morgan fingerprint density at radius 2 is 1.86 bits per heavy atom. The van der Waals surface area contributed by atoms with Gasteiger partial charge in [0.1, 0.15) is 5.75 Å². The number of nitriles is 1. The van der Waals surface area contributed by atoms with Crippen LogP contribution in [-0.2, 0) is 0 Å². The average molecular weight is 280 g/mol. The minimum absolute atomic E-state index is 0.177. The predicted molar refractivity (Wildman–Crippen MR) is 80.0 cm³/mol. The molecule has 0 fully saturated rings. The molecule has 4 heteroatoms. The van der Waals surface area contributed by atoms with E-state index in [1.807, 2.05) is 37.3 Å². The molecule has 2 aromatic carbocycles. The fourth-order valence-electron chi connectivity index (χ4n) is 2.08. The summed E-state index contributed by atoms with van der Waals surface area (Å²) < 4.78 is 5.30. The molecule has 4 nitrogen and oxygen atoms in total. The van der Waals surface area contributed by atoms with Crippen molar-refractivity contribution in [3.8, 4) is 11.8 Å². The van der Waals surface area contributed by atoms with E-state index in [9.17, 15) is 4.79 Å². The Labute approximate surface area is 124 Å². The number of rotatable bonds is 4. The zero-order valence-corrected chi connectivity index (χ0v) is 12.0. The molecule has 0 spiro atoms. The molecule has 0 bridgehead atoms. The second-order valence-electron chi connectivity index (χ2n) is 4.63. The molecule has 1 unspecified atom stereocenters. The summed E-state index contributed by atoms with van der Waals surface area (Å²) in [7, 11) is 1.61. The number of benzene rings is 2. The lowest BCUT2D eigenvalue weighted by Gasteiger charge is -2.17. The van der Waals surface area contributed by atoms with Gasteiger partial charge in [-0.05, 0) is 37.3 Å². The van der Waals surface area contributed by atoms with E-state index in [0.717, 1.165) is 11.3 Å². The van der Waals surface area contributed by atoms with Gasteiger partial charge in [-0.2, -0.15) is 5.26 Å². The van der Waals surface area contributed by atoms with Crippen LogP contribution in [-0.4, -0.2) is 13.0 Å². The van der Waals surface area contributed by atoms with Crippen LogP contribution in [0.2, 0.25) is 0 Å². The zero-order chi connectivity index (χ0) is 15.2. The molecule has 0 heterocycles. The zero-order valence-electron chi connectivity index (χ0n) is 12.0. The Morgan fingerprint density at radius 3 is 2.48 bits per heavy atom. The fourth-order valence-corrected chi connectivity index (χ4v) is 2.08. The summed E-state index contributed by atoms with van der Waals surface area (Å²) in [5.74, 6) is 0.558. The number of para-hydroxylation sites is 1. The molecule has 21 heavy (non-hydrogen) atoms. The molecule has 0 aliphatic rings. The Hall–Kier alpha value is -2.80. The van der Waals surface area contributed by atoms with Gasteiger partial charge in [0.15, 0.2) is 0 Å². The normalized spacial score (nSPS) is 11.3. The molecule has 1 atom stereocenters. The van der Waals surface area contributed by atoms with Gasteiger partial charge < -0.3 is 10.1 Å².